The first-order valence-electron chi connectivity index (χ1n) is 9.30. The molecule has 1 fully saturated rings. The largest absolute Gasteiger partial charge is 0.480 e. The Bertz CT molecular complexity index is 924. The molecule has 0 aliphatic carbocycles. The van der Waals surface area contributed by atoms with Gasteiger partial charge in [0.25, 0.3) is 11.8 Å². The SMILES string of the molecule is CN1CCN(CCCS(=O)(=O)Nc2ccc3c(c2)C(=O)N(CC(=O)O)C3=O)CC1. The Kier molecular flexibility index (Phi) is 6.20. The molecule has 0 spiro atoms. The zero-order valence-corrected chi connectivity index (χ0v) is 16.9. The van der Waals surface area contributed by atoms with Crippen LogP contribution in [0.2, 0.25) is 0 Å². The fourth-order valence-corrected chi connectivity index (χ4v) is 4.51. The summed E-state index contributed by atoms with van der Waals surface area (Å²) in [5.41, 5.74) is 0.227. The van der Waals surface area contributed by atoms with Crippen molar-refractivity contribution in [3.8, 4) is 0 Å². The van der Waals surface area contributed by atoms with Crippen molar-refractivity contribution < 1.29 is 27.9 Å². The van der Waals surface area contributed by atoms with Gasteiger partial charge in [0.15, 0.2) is 0 Å². The van der Waals surface area contributed by atoms with Crippen molar-refractivity contribution in [2.45, 2.75) is 6.42 Å². The first-order valence-corrected chi connectivity index (χ1v) is 10.9. The molecule has 10 nitrogen and oxygen atoms in total. The number of imide groups is 1. The van der Waals surface area contributed by atoms with E-state index in [0.717, 1.165) is 26.2 Å². The van der Waals surface area contributed by atoms with Gasteiger partial charge in [-0.1, -0.05) is 0 Å². The highest BCUT2D eigenvalue weighted by molar-refractivity contribution is 7.92. The van der Waals surface area contributed by atoms with Crippen LogP contribution in [0.3, 0.4) is 0 Å². The van der Waals surface area contributed by atoms with Crippen LogP contribution in [0.5, 0.6) is 0 Å². The molecule has 0 bridgehead atoms. The van der Waals surface area contributed by atoms with Gasteiger partial charge in [0.1, 0.15) is 6.54 Å². The number of nitrogens with zero attached hydrogens (tertiary/aromatic N) is 3. The summed E-state index contributed by atoms with van der Waals surface area (Å²) in [5.74, 6) is -2.81. The second-order valence-electron chi connectivity index (χ2n) is 7.27. The van der Waals surface area contributed by atoms with Gasteiger partial charge in [-0.15, -0.1) is 0 Å². The number of piperazine rings is 1. The van der Waals surface area contributed by atoms with Crippen LogP contribution in [0, 0.1) is 0 Å². The van der Waals surface area contributed by atoms with E-state index in [2.05, 4.69) is 21.6 Å². The molecule has 2 aliphatic rings. The predicted octanol–water partition coefficient (Wildman–Crippen LogP) is -0.254. The number of rotatable bonds is 8. The third-order valence-electron chi connectivity index (χ3n) is 5.02. The molecule has 0 aromatic heterocycles. The average molecular weight is 424 g/mol. The summed E-state index contributed by atoms with van der Waals surface area (Å²) in [6.45, 7) is 3.71. The van der Waals surface area contributed by atoms with E-state index < -0.39 is 34.4 Å². The van der Waals surface area contributed by atoms with Crippen molar-refractivity contribution in [2.24, 2.45) is 0 Å². The third kappa shape index (κ3) is 5.11. The van der Waals surface area contributed by atoms with E-state index in [1.165, 1.54) is 18.2 Å². The van der Waals surface area contributed by atoms with Crippen LogP contribution in [0.4, 0.5) is 5.69 Å². The number of carboxylic acid groups (broad SMARTS) is 1. The second kappa shape index (κ2) is 8.47. The normalized spacial score (nSPS) is 18.2. The summed E-state index contributed by atoms with van der Waals surface area (Å²) in [6, 6.07) is 4.00. The third-order valence-corrected chi connectivity index (χ3v) is 6.39. The van der Waals surface area contributed by atoms with E-state index in [1.54, 1.807) is 0 Å². The maximum absolute atomic E-state index is 12.4. The number of carbonyl (C=O) groups excluding carboxylic acids is 2. The minimum Gasteiger partial charge on any atom is -0.480 e. The molecule has 0 atom stereocenters. The highest BCUT2D eigenvalue weighted by Crippen LogP contribution is 2.26. The quantitative estimate of drug-likeness (QED) is 0.547. The minimum atomic E-state index is -3.62. The second-order valence-corrected chi connectivity index (χ2v) is 9.11. The first kappa shape index (κ1) is 21.2. The van der Waals surface area contributed by atoms with E-state index in [0.29, 0.717) is 17.9 Å². The van der Waals surface area contributed by atoms with Gasteiger partial charge in [-0.2, -0.15) is 0 Å². The Morgan fingerprint density at radius 1 is 1.10 bits per heavy atom. The molecule has 3 rings (SSSR count). The molecule has 2 aliphatic heterocycles. The number of sulfonamides is 1. The van der Waals surface area contributed by atoms with Crippen LogP contribution in [0.1, 0.15) is 27.1 Å². The van der Waals surface area contributed by atoms with Crippen molar-refractivity contribution in [1.29, 1.82) is 0 Å². The van der Waals surface area contributed by atoms with E-state index in [4.69, 9.17) is 5.11 Å². The van der Waals surface area contributed by atoms with E-state index in [9.17, 15) is 22.8 Å². The number of carboxylic acids is 1. The molecule has 1 saturated heterocycles. The van der Waals surface area contributed by atoms with Crippen LogP contribution in [0.15, 0.2) is 18.2 Å². The molecule has 2 N–H and O–H groups in total. The number of hydrogen-bond acceptors (Lipinski definition) is 7. The summed E-state index contributed by atoms with van der Waals surface area (Å²) < 4.78 is 27.2. The number of carbonyl (C=O) groups is 3. The van der Waals surface area contributed by atoms with Gasteiger partial charge in [0, 0.05) is 31.9 Å². The Balaban J connectivity index is 1.59. The summed E-state index contributed by atoms with van der Waals surface area (Å²) in [7, 11) is -1.56. The van der Waals surface area contributed by atoms with Crippen LogP contribution in [0.25, 0.3) is 0 Å². The summed E-state index contributed by atoms with van der Waals surface area (Å²) in [5, 5.41) is 8.84. The van der Waals surface area contributed by atoms with Crippen LogP contribution in [-0.2, 0) is 14.8 Å². The van der Waals surface area contributed by atoms with Gasteiger partial charge >= 0.3 is 5.97 Å². The van der Waals surface area contributed by atoms with Crippen molar-refractivity contribution in [1.82, 2.24) is 14.7 Å². The van der Waals surface area contributed by atoms with Gasteiger partial charge in [-0.3, -0.25) is 24.0 Å². The van der Waals surface area contributed by atoms with Crippen molar-refractivity contribution in [3.05, 3.63) is 29.3 Å². The minimum absolute atomic E-state index is 0.00566. The van der Waals surface area contributed by atoms with Crippen LogP contribution < -0.4 is 4.72 Å². The number of amides is 2. The molecule has 158 valence electrons. The fourth-order valence-electron chi connectivity index (χ4n) is 3.41. The first-order chi connectivity index (χ1) is 13.7. The van der Waals surface area contributed by atoms with Gasteiger partial charge in [-0.05, 0) is 38.2 Å². The van der Waals surface area contributed by atoms with Crippen molar-refractivity contribution in [3.63, 3.8) is 0 Å². The number of anilines is 1. The molecular weight excluding hydrogens is 400 g/mol. The Labute approximate surface area is 169 Å². The highest BCUT2D eigenvalue weighted by atomic mass is 32.2. The number of aliphatic carboxylic acids is 1. The lowest BCUT2D eigenvalue weighted by Gasteiger charge is -2.32. The summed E-state index contributed by atoms with van der Waals surface area (Å²) in [4.78, 5) is 40.4. The zero-order chi connectivity index (χ0) is 21.2. The van der Waals surface area contributed by atoms with Crippen molar-refractivity contribution in [2.75, 3.05) is 56.8 Å². The number of hydrogen-bond donors (Lipinski definition) is 2. The molecule has 1 aromatic carbocycles. The standard InChI is InChI=1S/C18H24N4O6S/c1-20-6-8-21(9-7-20)5-2-10-29(27,28)19-13-3-4-14-15(11-13)18(26)22(17(14)25)12-16(23)24/h3-4,11,19H,2,5-10,12H2,1H3,(H,23,24). The predicted molar refractivity (Wildman–Crippen MR) is 105 cm³/mol. The molecule has 2 amide bonds. The number of nitrogens with one attached hydrogen (secondary N) is 1. The van der Waals surface area contributed by atoms with E-state index >= 15 is 0 Å². The molecule has 0 saturated carbocycles. The van der Waals surface area contributed by atoms with Crippen LogP contribution in [-0.4, -0.2) is 98.1 Å². The monoisotopic (exact) mass is 424 g/mol. The molecule has 1 aromatic rings. The maximum atomic E-state index is 12.4. The maximum Gasteiger partial charge on any atom is 0.323 e. The molecular formula is C18H24N4O6S. The molecule has 0 radical (unpaired) electrons. The summed E-state index contributed by atoms with van der Waals surface area (Å²) in [6.07, 6.45) is 0.480. The van der Waals surface area contributed by atoms with E-state index in [1.807, 2.05) is 0 Å². The Morgan fingerprint density at radius 3 is 2.41 bits per heavy atom. The molecule has 11 heteroatoms. The zero-order valence-electron chi connectivity index (χ0n) is 16.1. The smallest absolute Gasteiger partial charge is 0.323 e. The average Bonchev–Trinajstić information content (AvgIpc) is 2.87. The van der Waals surface area contributed by atoms with E-state index in [-0.39, 0.29) is 22.6 Å². The molecule has 29 heavy (non-hydrogen) atoms. The Hall–Kier alpha value is -2.50. The van der Waals surface area contributed by atoms with Gasteiger partial charge < -0.3 is 14.9 Å². The lowest BCUT2D eigenvalue weighted by molar-refractivity contribution is -0.137. The van der Waals surface area contributed by atoms with Gasteiger partial charge in [0.05, 0.1) is 16.9 Å². The van der Waals surface area contributed by atoms with Gasteiger partial charge in [-0.25, -0.2) is 8.42 Å². The highest BCUT2D eigenvalue weighted by Gasteiger charge is 2.37. The molecule has 0 unspecified atom stereocenters. The lowest BCUT2D eigenvalue weighted by atomic mass is 10.1. The van der Waals surface area contributed by atoms with Crippen molar-refractivity contribution >= 4 is 33.5 Å². The number of benzene rings is 1. The number of fused-ring (bicyclic) bond motifs is 1. The topological polar surface area (TPSA) is 127 Å². The van der Waals surface area contributed by atoms with Crippen LogP contribution >= 0.6 is 0 Å². The fraction of sp³-hybridized carbons (Fsp3) is 0.500. The molecule has 2 heterocycles. The summed E-state index contributed by atoms with van der Waals surface area (Å²) >= 11 is 0. The lowest BCUT2D eigenvalue weighted by Crippen LogP contribution is -2.45. The Morgan fingerprint density at radius 2 is 1.76 bits per heavy atom. The number of likely N-dealkylation sites (N-methyl/N-ethyl adjacent to an activating group) is 1. The van der Waals surface area contributed by atoms with Gasteiger partial charge in [0.2, 0.25) is 10.0 Å².